The van der Waals surface area contributed by atoms with Crippen LogP contribution in [-0.4, -0.2) is 62.9 Å². The summed E-state index contributed by atoms with van der Waals surface area (Å²) in [6, 6.07) is 15.6. The molecule has 0 aliphatic heterocycles. The maximum atomic E-state index is 12.3. The molecule has 0 aliphatic carbocycles. The maximum absolute atomic E-state index is 12.3. The smallest absolute Gasteiger partial charge is 0.152 e. The first kappa shape index (κ1) is 29.4. The van der Waals surface area contributed by atoms with Crippen LogP contribution in [0.2, 0.25) is 0 Å². The highest BCUT2D eigenvalue weighted by molar-refractivity contribution is 7.91. The lowest BCUT2D eigenvalue weighted by Gasteiger charge is -2.26. The van der Waals surface area contributed by atoms with Gasteiger partial charge in [-0.2, -0.15) is 0 Å². The van der Waals surface area contributed by atoms with Gasteiger partial charge in [-0.15, -0.1) is 11.6 Å². The van der Waals surface area contributed by atoms with Gasteiger partial charge in [-0.1, -0.05) is 51.5 Å². The minimum absolute atomic E-state index is 0.0312. The summed E-state index contributed by atoms with van der Waals surface area (Å²) in [6.07, 6.45) is 0.313. The van der Waals surface area contributed by atoms with Crippen LogP contribution < -0.4 is 9.47 Å². The van der Waals surface area contributed by atoms with Crippen molar-refractivity contribution < 1.29 is 27.7 Å². The molecule has 8 heteroatoms. The molecule has 0 amide bonds. The summed E-state index contributed by atoms with van der Waals surface area (Å²) in [5.41, 5.74) is 1.97. The highest BCUT2D eigenvalue weighted by Gasteiger charge is 2.24. The Kier molecular flexibility index (Phi) is 11.8. The first-order valence-electron chi connectivity index (χ1n) is 12.1. The largest absolute Gasteiger partial charge is 0.491 e. The molecule has 2 aromatic carbocycles. The molecule has 0 heterocycles. The molecule has 0 saturated heterocycles. The Hall–Kier alpha value is -1.80. The summed E-state index contributed by atoms with van der Waals surface area (Å²) in [5, 5.41) is 9.55. The Morgan fingerprint density at radius 2 is 1.43 bits per heavy atom. The van der Waals surface area contributed by atoms with Crippen molar-refractivity contribution in [2.24, 2.45) is 0 Å². The molecule has 196 valence electrons. The zero-order valence-corrected chi connectivity index (χ0v) is 22.8. The lowest BCUT2D eigenvalue weighted by atomic mass is 9.78. The Morgan fingerprint density at radius 1 is 0.914 bits per heavy atom. The van der Waals surface area contributed by atoms with E-state index in [0.717, 1.165) is 17.5 Å². The summed E-state index contributed by atoms with van der Waals surface area (Å²) in [7, 11) is -3.17. The summed E-state index contributed by atoms with van der Waals surface area (Å²) in [5.74, 6) is 1.63. The van der Waals surface area contributed by atoms with E-state index in [4.69, 9.17) is 25.8 Å². The minimum Gasteiger partial charge on any atom is -0.491 e. The third-order valence-corrected chi connectivity index (χ3v) is 8.01. The van der Waals surface area contributed by atoms with Gasteiger partial charge in [0.15, 0.2) is 9.84 Å². The maximum Gasteiger partial charge on any atom is 0.152 e. The van der Waals surface area contributed by atoms with E-state index in [1.165, 1.54) is 0 Å². The Bertz CT molecular complexity index is 974. The molecule has 0 aromatic heterocycles. The predicted molar refractivity (Wildman–Crippen MR) is 142 cm³/mol. The van der Waals surface area contributed by atoms with Crippen LogP contribution in [0.5, 0.6) is 11.5 Å². The Morgan fingerprint density at radius 3 is 1.89 bits per heavy atom. The summed E-state index contributed by atoms with van der Waals surface area (Å²) >= 11 is 5.60. The third kappa shape index (κ3) is 9.64. The molecule has 2 unspecified atom stereocenters. The monoisotopic (exact) mass is 526 g/mol. The molecule has 6 nitrogen and oxygen atoms in total. The van der Waals surface area contributed by atoms with Crippen molar-refractivity contribution in [3.63, 3.8) is 0 Å². The van der Waals surface area contributed by atoms with Crippen LogP contribution in [0.1, 0.15) is 51.7 Å². The van der Waals surface area contributed by atoms with Gasteiger partial charge in [-0.05, 0) is 48.7 Å². The molecule has 2 aromatic rings. The van der Waals surface area contributed by atoms with Crippen molar-refractivity contribution in [1.82, 2.24) is 0 Å². The van der Waals surface area contributed by atoms with Crippen molar-refractivity contribution in [2.75, 3.05) is 37.2 Å². The van der Waals surface area contributed by atoms with Crippen LogP contribution in [0.4, 0.5) is 0 Å². The molecule has 0 bridgehead atoms. The van der Waals surface area contributed by atoms with Gasteiger partial charge in [0, 0.05) is 12.0 Å². The van der Waals surface area contributed by atoms with Gasteiger partial charge >= 0.3 is 0 Å². The Labute approximate surface area is 215 Å². The molecule has 2 atom stereocenters. The van der Waals surface area contributed by atoms with Crippen LogP contribution in [-0.2, 0) is 20.0 Å². The summed E-state index contributed by atoms with van der Waals surface area (Å²) in [6.45, 7) is 8.88. The van der Waals surface area contributed by atoms with E-state index in [0.29, 0.717) is 24.5 Å². The van der Waals surface area contributed by atoms with Crippen molar-refractivity contribution in [3.8, 4) is 11.5 Å². The molecular weight excluding hydrogens is 488 g/mol. The minimum atomic E-state index is -3.17. The first-order chi connectivity index (χ1) is 16.6. The number of hydrogen-bond acceptors (Lipinski definition) is 6. The van der Waals surface area contributed by atoms with Crippen molar-refractivity contribution in [1.29, 1.82) is 0 Å². The average molecular weight is 527 g/mol. The number of unbranched alkanes of at least 4 members (excludes halogenated alkanes) is 1. The number of alkyl halides is 1. The van der Waals surface area contributed by atoms with Crippen molar-refractivity contribution >= 4 is 21.4 Å². The average Bonchev–Trinajstić information content (AvgIpc) is 2.85. The number of aliphatic hydroxyl groups is 1. The van der Waals surface area contributed by atoms with Crippen molar-refractivity contribution in [3.05, 3.63) is 59.7 Å². The highest BCUT2D eigenvalue weighted by atomic mass is 35.5. The topological polar surface area (TPSA) is 82.1 Å². The van der Waals surface area contributed by atoms with Gasteiger partial charge in [0.25, 0.3) is 0 Å². The number of aliphatic hydroxyl groups excluding tert-OH is 1. The molecule has 0 radical (unpaired) electrons. The van der Waals surface area contributed by atoms with E-state index in [2.05, 4.69) is 13.8 Å². The lowest BCUT2D eigenvalue weighted by molar-refractivity contribution is 0.0422. The zero-order chi connectivity index (χ0) is 25.9. The molecule has 1 N–H and O–H groups in total. The molecule has 0 saturated carbocycles. The van der Waals surface area contributed by atoms with E-state index in [9.17, 15) is 13.5 Å². The number of sulfone groups is 1. The van der Waals surface area contributed by atoms with Crippen LogP contribution in [0.3, 0.4) is 0 Å². The number of hydrogen-bond donors (Lipinski definition) is 1. The van der Waals surface area contributed by atoms with Gasteiger partial charge in [-0.3, -0.25) is 0 Å². The second kappa shape index (κ2) is 14.1. The number of benzene rings is 2. The highest BCUT2D eigenvalue weighted by Crippen LogP contribution is 2.33. The summed E-state index contributed by atoms with van der Waals surface area (Å²) in [4.78, 5) is 0. The van der Waals surface area contributed by atoms with Crippen molar-refractivity contribution in [2.45, 2.75) is 58.2 Å². The number of rotatable bonds is 16. The van der Waals surface area contributed by atoms with E-state index in [1.807, 2.05) is 62.4 Å². The van der Waals surface area contributed by atoms with Crippen LogP contribution in [0.15, 0.2) is 48.5 Å². The fourth-order valence-corrected chi connectivity index (χ4v) is 5.38. The molecular formula is C27H39ClO6S. The van der Waals surface area contributed by atoms with Crippen LogP contribution in [0.25, 0.3) is 0 Å². The van der Waals surface area contributed by atoms with Crippen LogP contribution in [0, 0.1) is 0 Å². The molecule has 0 fully saturated rings. The Balaban J connectivity index is 2.00. The fraction of sp³-hybridized carbons (Fsp3) is 0.556. The SMILES string of the molecule is CCCCS(=O)(=O)CC(COc1ccc(C(C)(C)c2ccc(OCC(O)CCl)cc2)cc1)OCC. The predicted octanol–water partition coefficient (Wildman–Crippen LogP) is 4.99. The standard InChI is InChI=1S/C27H39ClO6S/c1-5-7-16-35(30,31)20-26(32-6-2)19-34-25-14-10-22(11-15-25)27(3,4)21-8-12-24(13-9-21)33-18-23(29)17-28/h8-15,23,26,29H,5-7,16-20H2,1-4H3. The molecule has 0 aliphatic rings. The quantitative estimate of drug-likeness (QED) is 0.310. The molecule has 35 heavy (non-hydrogen) atoms. The van der Waals surface area contributed by atoms with E-state index in [1.54, 1.807) is 0 Å². The second-order valence-electron chi connectivity index (χ2n) is 9.15. The zero-order valence-electron chi connectivity index (χ0n) is 21.2. The number of halogens is 1. The van der Waals surface area contributed by atoms with E-state index >= 15 is 0 Å². The first-order valence-corrected chi connectivity index (χ1v) is 14.5. The van der Waals surface area contributed by atoms with Gasteiger partial charge in [-0.25, -0.2) is 8.42 Å². The summed E-state index contributed by atoms with van der Waals surface area (Å²) < 4.78 is 41.7. The molecule has 0 spiro atoms. The van der Waals surface area contributed by atoms with Gasteiger partial charge < -0.3 is 19.3 Å². The molecule has 2 rings (SSSR count). The fourth-order valence-electron chi connectivity index (χ4n) is 3.64. The van der Waals surface area contributed by atoms with Gasteiger partial charge in [0.2, 0.25) is 0 Å². The van der Waals surface area contributed by atoms with E-state index < -0.39 is 22.0 Å². The second-order valence-corrected chi connectivity index (χ2v) is 11.7. The normalized spacial score (nSPS) is 13.9. The lowest BCUT2D eigenvalue weighted by Crippen LogP contribution is -2.31. The van der Waals surface area contributed by atoms with Gasteiger partial charge in [0.1, 0.15) is 36.9 Å². The van der Waals surface area contributed by atoms with Crippen LogP contribution >= 0.6 is 11.6 Å². The number of ether oxygens (including phenoxy) is 3. The van der Waals surface area contributed by atoms with Gasteiger partial charge in [0.05, 0.1) is 17.4 Å². The van der Waals surface area contributed by atoms with E-state index in [-0.39, 0.29) is 36.0 Å². The third-order valence-electron chi connectivity index (χ3n) is 5.86.